The lowest BCUT2D eigenvalue weighted by Crippen LogP contribution is -2.02. The summed E-state index contributed by atoms with van der Waals surface area (Å²) in [5.41, 5.74) is 0. The van der Waals surface area contributed by atoms with Crippen LogP contribution in [0.1, 0.15) is 71.1 Å². The van der Waals surface area contributed by atoms with E-state index >= 15 is 0 Å². The van der Waals surface area contributed by atoms with Gasteiger partial charge in [0.25, 0.3) is 10.1 Å². The molecular weight excluding hydrogens is 248 g/mol. The highest BCUT2D eigenvalue weighted by Gasteiger charge is 2.03. The van der Waals surface area contributed by atoms with E-state index in [0.717, 1.165) is 18.2 Å². The van der Waals surface area contributed by atoms with Crippen molar-refractivity contribution < 1.29 is 12.6 Å². The summed E-state index contributed by atoms with van der Waals surface area (Å²) in [5.74, 6) is 0. The number of hydrogen-bond acceptors (Lipinski definition) is 3. The molecule has 0 bridgehead atoms. The van der Waals surface area contributed by atoms with Crippen molar-refractivity contribution in [2.75, 3.05) is 6.61 Å². The minimum Gasteiger partial charge on any atom is -0.267 e. The predicted molar refractivity (Wildman–Crippen MR) is 76.9 cm³/mol. The molecule has 0 aliphatic carbocycles. The van der Waals surface area contributed by atoms with Gasteiger partial charge in [-0.25, -0.2) is 0 Å². The van der Waals surface area contributed by atoms with Crippen molar-refractivity contribution in [3.63, 3.8) is 0 Å². The summed E-state index contributed by atoms with van der Waals surface area (Å²) in [6.45, 7) is 5.70. The largest absolute Gasteiger partial charge is 0.289 e. The molecule has 0 N–H and O–H groups in total. The minimum atomic E-state index is -3.47. The highest BCUT2D eigenvalue weighted by Crippen LogP contribution is 2.10. The number of unbranched alkanes of at least 4 members (excludes halogenated alkanes) is 9. The molecule has 0 aromatic rings. The Kier molecular flexibility index (Phi) is 11.5. The first-order chi connectivity index (χ1) is 8.62. The van der Waals surface area contributed by atoms with Crippen LogP contribution < -0.4 is 0 Å². The summed E-state index contributed by atoms with van der Waals surface area (Å²) in [6.07, 6.45) is 12.3. The highest BCUT2D eigenvalue weighted by atomic mass is 32.2. The lowest BCUT2D eigenvalue weighted by Gasteiger charge is -2.03. The lowest BCUT2D eigenvalue weighted by molar-refractivity contribution is 0.311. The van der Waals surface area contributed by atoms with Crippen LogP contribution >= 0.6 is 0 Å². The molecule has 18 heavy (non-hydrogen) atoms. The first-order valence-electron chi connectivity index (χ1n) is 7.14. The summed E-state index contributed by atoms with van der Waals surface area (Å²) >= 11 is 0. The topological polar surface area (TPSA) is 43.4 Å². The molecule has 0 radical (unpaired) electrons. The van der Waals surface area contributed by atoms with Crippen LogP contribution in [0, 0.1) is 0 Å². The normalized spacial score (nSPS) is 11.6. The Hall–Kier alpha value is -0.350. The van der Waals surface area contributed by atoms with Gasteiger partial charge in [-0.1, -0.05) is 71.3 Å². The van der Waals surface area contributed by atoms with E-state index in [1.165, 1.54) is 51.4 Å². The highest BCUT2D eigenvalue weighted by molar-refractivity contribution is 7.89. The number of hydrogen-bond donors (Lipinski definition) is 0. The molecule has 0 aromatic heterocycles. The van der Waals surface area contributed by atoms with E-state index in [9.17, 15) is 8.42 Å². The second-order valence-corrected chi connectivity index (χ2v) is 6.22. The predicted octanol–water partition coefficient (Wildman–Crippen LogP) is 4.40. The van der Waals surface area contributed by atoms with Gasteiger partial charge in [-0.2, -0.15) is 8.42 Å². The van der Waals surface area contributed by atoms with Crippen LogP contribution in [0.3, 0.4) is 0 Å². The molecule has 0 saturated heterocycles. The Morgan fingerprint density at radius 3 is 1.78 bits per heavy atom. The second kappa shape index (κ2) is 11.7. The molecule has 3 nitrogen and oxygen atoms in total. The standard InChI is InChI=1S/C14H28O3S/c1-3-5-6-7-8-9-10-11-12-13-14-17-18(15,16)4-2/h4H,2-3,5-14H2,1H3. The summed E-state index contributed by atoms with van der Waals surface area (Å²) in [6, 6.07) is 0. The summed E-state index contributed by atoms with van der Waals surface area (Å²) in [5, 5.41) is 0.850. The molecule has 0 aromatic carbocycles. The van der Waals surface area contributed by atoms with Crippen molar-refractivity contribution in [2.24, 2.45) is 0 Å². The van der Waals surface area contributed by atoms with Gasteiger partial charge in [0.05, 0.1) is 12.0 Å². The average Bonchev–Trinajstić information content (AvgIpc) is 2.36. The first kappa shape index (κ1) is 17.6. The van der Waals surface area contributed by atoms with Crippen molar-refractivity contribution in [2.45, 2.75) is 71.1 Å². The molecule has 4 heteroatoms. The molecule has 0 rings (SSSR count). The molecule has 0 heterocycles. The molecule has 0 aliphatic heterocycles. The van der Waals surface area contributed by atoms with Crippen LogP contribution in [0.25, 0.3) is 0 Å². The summed E-state index contributed by atoms with van der Waals surface area (Å²) < 4.78 is 26.5. The van der Waals surface area contributed by atoms with Gasteiger partial charge in [0, 0.05) is 0 Å². The van der Waals surface area contributed by atoms with Crippen LogP contribution in [-0.2, 0) is 14.3 Å². The summed E-state index contributed by atoms with van der Waals surface area (Å²) in [7, 11) is -3.47. The second-order valence-electron chi connectivity index (χ2n) is 4.66. The third-order valence-electron chi connectivity index (χ3n) is 2.95. The van der Waals surface area contributed by atoms with Crippen LogP contribution in [0.4, 0.5) is 0 Å². The number of rotatable bonds is 13. The van der Waals surface area contributed by atoms with E-state index in [4.69, 9.17) is 4.18 Å². The molecule has 0 amide bonds. The molecular formula is C14H28O3S. The van der Waals surface area contributed by atoms with Gasteiger partial charge in [0.2, 0.25) is 0 Å². The van der Waals surface area contributed by atoms with Crippen LogP contribution in [0.5, 0.6) is 0 Å². The maximum absolute atomic E-state index is 10.9. The van der Waals surface area contributed by atoms with Gasteiger partial charge in [0.15, 0.2) is 0 Å². The third kappa shape index (κ3) is 12.1. The Balaban J connectivity index is 3.15. The van der Waals surface area contributed by atoms with Crippen molar-refractivity contribution in [3.05, 3.63) is 12.0 Å². The van der Waals surface area contributed by atoms with Crippen molar-refractivity contribution >= 4 is 10.1 Å². The first-order valence-corrected chi connectivity index (χ1v) is 8.61. The van der Waals surface area contributed by atoms with Gasteiger partial charge in [-0.05, 0) is 6.42 Å². The molecule has 0 atom stereocenters. The Morgan fingerprint density at radius 1 is 0.889 bits per heavy atom. The van der Waals surface area contributed by atoms with Gasteiger partial charge in [-0.3, -0.25) is 4.18 Å². The smallest absolute Gasteiger partial charge is 0.267 e. The monoisotopic (exact) mass is 276 g/mol. The molecule has 0 unspecified atom stereocenters. The average molecular weight is 276 g/mol. The molecule has 0 aliphatic rings. The van der Waals surface area contributed by atoms with Crippen LogP contribution in [0.2, 0.25) is 0 Å². The maximum Gasteiger partial charge on any atom is 0.289 e. The fourth-order valence-electron chi connectivity index (χ4n) is 1.81. The van der Waals surface area contributed by atoms with E-state index in [2.05, 4.69) is 13.5 Å². The lowest BCUT2D eigenvalue weighted by atomic mass is 10.1. The fourth-order valence-corrected chi connectivity index (χ4v) is 2.26. The Morgan fingerprint density at radius 2 is 1.33 bits per heavy atom. The van der Waals surface area contributed by atoms with Gasteiger partial charge in [-0.15, -0.1) is 0 Å². The summed E-state index contributed by atoms with van der Waals surface area (Å²) in [4.78, 5) is 0. The van der Waals surface area contributed by atoms with E-state index in [0.29, 0.717) is 0 Å². The van der Waals surface area contributed by atoms with Crippen LogP contribution in [-0.4, -0.2) is 15.0 Å². The van der Waals surface area contributed by atoms with Gasteiger partial charge < -0.3 is 0 Å². The molecule has 0 fully saturated rings. The van der Waals surface area contributed by atoms with E-state index in [1.807, 2.05) is 0 Å². The maximum atomic E-state index is 10.9. The molecule has 0 saturated carbocycles. The van der Waals surface area contributed by atoms with Crippen molar-refractivity contribution in [1.82, 2.24) is 0 Å². The molecule has 108 valence electrons. The van der Waals surface area contributed by atoms with Gasteiger partial charge in [0.1, 0.15) is 0 Å². The minimum absolute atomic E-state index is 0.283. The Labute approximate surface area is 113 Å². The van der Waals surface area contributed by atoms with E-state index < -0.39 is 10.1 Å². The zero-order valence-electron chi connectivity index (χ0n) is 11.7. The zero-order valence-corrected chi connectivity index (χ0v) is 12.5. The van der Waals surface area contributed by atoms with E-state index in [-0.39, 0.29) is 6.61 Å². The van der Waals surface area contributed by atoms with Crippen molar-refractivity contribution in [1.29, 1.82) is 0 Å². The fraction of sp³-hybridized carbons (Fsp3) is 0.857. The SMILES string of the molecule is C=CS(=O)(=O)OCCCCCCCCCCCC. The third-order valence-corrected chi connectivity index (χ3v) is 3.85. The van der Waals surface area contributed by atoms with Gasteiger partial charge >= 0.3 is 0 Å². The van der Waals surface area contributed by atoms with E-state index in [1.54, 1.807) is 0 Å². The molecule has 0 spiro atoms. The zero-order chi connectivity index (χ0) is 13.7. The van der Waals surface area contributed by atoms with Crippen molar-refractivity contribution in [3.8, 4) is 0 Å². The quantitative estimate of drug-likeness (QED) is 0.370. The van der Waals surface area contributed by atoms with Crippen LogP contribution in [0.15, 0.2) is 12.0 Å². The Bertz CT molecular complexity index is 283.